The van der Waals surface area contributed by atoms with Gasteiger partial charge in [-0.05, 0) is 42.3 Å². The normalized spacial score (nSPS) is 12.1. The second kappa shape index (κ2) is 6.33. The van der Waals surface area contributed by atoms with E-state index in [0.29, 0.717) is 11.5 Å². The molecule has 0 radical (unpaired) electrons. The molecule has 0 aromatic heterocycles. The fourth-order valence-corrected chi connectivity index (χ4v) is 2.31. The van der Waals surface area contributed by atoms with Crippen molar-refractivity contribution >= 4 is 11.6 Å². The van der Waals surface area contributed by atoms with Crippen LogP contribution >= 0.6 is 11.6 Å². The molecule has 2 N–H and O–H groups in total. The van der Waals surface area contributed by atoms with Gasteiger partial charge in [-0.15, -0.1) is 0 Å². The summed E-state index contributed by atoms with van der Waals surface area (Å²) in [6.07, 6.45) is 0. The second-order valence-corrected chi connectivity index (χ2v) is 5.13. The summed E-state index contributed by atoms with van der Waals surface area (Å²) >= 11 is 5.86. The summed E-state index contributed by atoms with van der Waals surface area (Å²) in [6, 6.07) is 8.08. The van der Waals surface area contributed by atoms with Crippen molar-refractivity contribution < 1.29 is 13.9 Å². The largest absolute Gasteiger partial charge is 0.493 e. The molecule has 1 unspecified atom stereocenters. The number of nitrogens with two attached hydrogens (primary N) is 1. The van der Waals surface area contributed by atoms with Gasteiger partial charge in [-0.1, -0.05) is 17.7 Å². The third kappa shape index (κ3) is 3.12. The third-order valence-corrected chi connectivity index (χ3v) is 3.55. The summed E-state index contributed by atoms with van der Waals surface area (Å²) in [4.78, 5) is 0. The van der Waals surface area contributed by atoms with Gasteiger partial charge in [0.2, 0.25) is 0 Å². The summed E-state index contributed by atoms with van der Waals surface area (Å²) in [7, 11) is 3.11. The SMILES string of the molecule is COc1cc(C(C)N)cc(-c2ccc(F)c(Cl)c2)c1OC. The topological polar surface area (TPSA) is 44.5 Å². The van der Waals surface area contributed by atoms with E-state index in [1.807, 2.05) is 19.1 Å². The average Bonchev–Trinajstić information content (AvgIpc) is 2.48. The van der Waals surface area contributed by atoms with Crippen LogP contribution in [0.1, 0.15) is 18.5 Å². The Bertz CT molecular complexity index is 659. The van der Waals surface area contributed by atoms with Gasteiger partial charge in [0.25, 0.3) is 0 Å². The van der Waals surface area contributed by atoms with Crippen LogP contribution in [0, 0.1) is 5.82 Å². The lowest BCUT2D eigenvalue weighted by molar-refractivity contribution is 0.355. The van der Waals surface area contributed by atoms with E-state index in [-0.39, 0.29) is 11.1 Å². The van der Waals surface area contributed by atoms with E-state index in [0.717, 1.165) is 16.7 Å². The molecule has 1 atom stereocenters. The highest BCUT2D eigenvalue weighted by Gasteiger charge is 2.16. The van der Waals surface area contributed by atoms with E-state index in [1.54, 1.807) is 26.4 Å². The Labute approximate surface area is 128 Å². The van der Waals surface area contributed by atoms with Crippen molar-refractivity contribution in [2.75, 3.05) is 14.2 Å². The molecule has 0 bridgehead atoms. The van der Waals surface area contributed by atoms with Crippen molar-refractivity contribution in [2.24, 2.45) is 5.73 Å². The Hall–Kier alpha value is -1.78. The Balaban J connectivity index is 2.69. The van der Waals surface area contributed by atoms with E-state index in [2.05, 4.69) is 0 Å². The van der Waals surface area contributed by atoms with E-state index in [1.165, 1.54) is 6.07 Å². The number of halogens is 2. The molecule has 0 aliphatic heterocycles. The van der Waals surface area contributed by atoms with Gasteiger partial charge < -0.3 is 15.2 Å². The molecule has 0 amide bonds. The standard InChI is InChI=1S/C16H17ClFNO2/c1-9(19)11-6-12(16(21-3)15(8-11)20-2)10-4-5-14(18)13(17)7-10/h4-9H,19H2,1-3H3. The van der Waals surface area contributed by atoms with Gasteiger partial charge in [-0.3, -0.25) is 0 Å². The molecule has 0 saturated carbocycles. The summed E-state index contributed by atoms with van der Waals surface area (Å²) in [6.45, 7) is 1.88. The molecule has 0 fully saturated rings. The van der Waals surface area contributed by atoms with Crippen molar-refractivity contribution in [2.45, 2.75) is 13.0 Å². The van der Waals surface area contributed by atoms with Crippen LogP contribution in [0.3, 0.4) is 0 Å². The summed E-state index contributed by atoms with van der Waals surface area (Å²) in [5, 5.41) is 0.0553. The van der Waals surface area contributed by atoms with Crippen LogP contribution in [0.5, 0.6) is 11.5 Å². The molecule has 5 heteroatoms. The Morgan fingerprint density at radius 2 is 1.86 bits per heavy atom. The molecule has 2 rings (SSSR count). The lowest BCUT2D eigenvalue weighted by Crippen LogP contribution is -2.06. The zero-order valence-electron chi connectivity index (χ0n) is 12.1. The third-order valence-electron chi connectivity index (χ3n) is 3.26. The monoisotopic (exact) mass is 309 g/mol. The van der Waals surface area contributed by atoms with Crippen LogP contribution in [0.25, 0.3) is 11.1 Å². The van der Waals surface area contributed by atoms with Gasteiger partial charge in [0.15, 0.2) is 11.5 Å². The molecule has 2 aromatic rings. The average molecular weight is 310 g/mol. The predicted octanol–water partition coefficient (Wildman–Crippen LogP) is 4.18. The van der Waals surface area contributed by atoms with Crippen molar-refractivity contribution in [3.63, 3.8) is 0 Å². The minimum atomic E-state index is -0.463. The lowest BCUT2D eigenvalue weighted by atomic mass is 9.98. The molecule has 3 nitrogen and oxygen atoms in total. The van der Waals surface area contributed by atoms with E-state index < -0.39 is 5.82 Å². The number of methoxy groups -OCH3 is 2. The number of benzene rings is 2. The lowest BCUT2D eigenvalue weighted by Gasteiger charge is -2.17. The van der Waals surface area contributed by atoms with Gasteiger partial charge in [0, 0.05) is 11.6 Å². The fraction of sp³-hybridized carbons (Fsp3) is 0.250. The Kier molecular flexibility index (Phi) is 4.70. The first-order chi connectivity index (χ1) is 9.97. The predicted molar refractivity (Wildman–Crippen MR) is 82.6 cm³/mol. The molecule has 0 heterocycles. The highest BCUT2D eigenvalue weighted by Crippen LogP contribution is 2.41. The summed E-state index contributed by atoms with van der Waals surface area (Å²) < 4.78 is 24.1. The molecule has 0 spiro atoms. The minimum absolute atomic E-state index is 0.0553. The smallest absolute Gasteiger partial charge is 0.168 e. The van der Waals surface area contributed by atoms with Gasteiger partial charge >= 0.3 is 0 Å². The van der Waals surface area contributed by atoms with Crippen LogP contribution in [0.15, 0.2) is 30.3 Å². The number of ether oxygens (including phenoxy) is 2. The van der Waals surface area contributed by atoms with Crippen LogP contribution in [0.2, 0.25) is 5.02 Å². The first-order valence-electron chi connectivity index (χ1n) is 6.44. The van der Waals surface area contributed by atoms with E-state index >= 15 is 0 Å². The molecule has 2 aromatic carbocycles. The van der Waals surface area contributed by atoms with Gasteiger partial charge in [0.05, 0.1) is 19.2 Å². The summed E-state index contributed by atoms with van der Waals surface area (Å²) in [5.74, 6) is 0.669. The van der Waals surface area contributed by atoms with Crippen LogP contribution in [-0.4, -0.2) is 14.2 Å². The highest BCUT2D eigenvalue weighted by atomic mass is 35.5. The molecule has 0 aliphatic carbocycles. The van der Waals surface area contributed by atoms with Crippen molar-refractivity contribution in [3.05, 3.63) is 46.7 Å². The van der Waals surface area contributed by atoms with E-state index in [9.17, 15) is 4.39 Å². The highest BCUT2D eigenvalue weighted by molar-refractivity contribution is 6.31. The maximum Gasteiger partial charge on any atom is 0.168 e. The first-order valence-corrected chi connectivity index (χ1v) is 6.82. The number of rotatable bonds is 4. The molecular formula is C16H17ClFNO2. The van der Waals surface area contributed by atoms with Gasteiger partial charge in [-0.2, -0.15) is 0 Å². The fourth-order valence-electron chi connectivity index (χ4n) is 2.13. The van der Waals surface area contributed by atoms with Crippen molar-refractivity contribution in [3.8, 4) is 22.6 Å². The maximum atomic E-state index is 13.3. The Morgan fingerprint density at radius 3 is 2.38 bits per heavy atom. The molecule has 112 valence electrons. The van der Waals surface area contributed by atoms with Crippen LogP contribution in [0.4, 0.5) is 4.39 Å². The van der Waals surface area contributed by atoms with E-state index in [4.69, 9.17) is 26.8 Å². The maximum absolute atomic E-state index is 13.3. The van der Waals surface area contributed by atoms with Gasteiger partial charge in [0.1, 0.15) is 5.82 Å². The number of hydrogen-bond donors (Lipinski definition) is 1. The molecule has 0 aliphatic rings. The molecule has 0 saturated heterocycles. The zero-order valence-corrected chi connectivity index (χ0v) is 12.9. The van der Waals surface area contributed by atoms with Crippen LogP contribution in [-0.2, 0) is 0 Å². The first kappa shape index (κ1) is 15.6. The molecular weight excluding hydrogens is 293 g/mol. The number of hydrogen-bond acceptors (Lipinski definition) is 3. The zero-order chi connectivity index (χ0) is 15.6. The molecule has 21 heavy (non-hydrogen) atoms. The minimum Gasteiger partial charge on any atom is -0.493 e. The van der Waals surface area contributed by atoms with Gasteiger partial charge in [-0.25, -0.2) is 4.39 Å². The quantitative estimate of drug-likeness (QED) is 0.921. The second-order valence-electron chi connectivity index (χ2n) is 4.72. The Morgan fingerprint density at radius 1 is 1.14 bits per heavy atom. The van der Waals surface area contributed by atoms with Crippen LogP contribution < -0.4 is 15.2 Å². The summed E-state index contributed by atoms with van der Waals surface area (Å²) in [5.41, 5.74) is 8.33. The van der Waals surface area contributed by atoms with Crippen molar-refractivity contribution in [1.82, 2.24) is 0 Å². The van der Waals surface area contributed by atoms with Crippen molar-refractivity contribution in [1.29, 1.82) is 0 Å².